The maximum Gasteiger partial charge on any atom is 0.243 e. The number of guanidine groups is 2. The molecule has 1 aromatic carbocycles. The Bertz CT molecular complexity index is 752. The van der Waals surface area contributed by atoms with E-state index in [1.807, 2.05) is 0 Å². The summed E-state index contributed by atoms with van der Waals surface area (Å²) in [5.41, 5.74) is 16.3. The van der Waals surface area contributed by atoms with E-state index in [0.29, 0.717) is 32.1 Å². The number of aliphatic imine (C=N–C) groups is 2. The Labute approximate surface area is 140 Å². The van der Waals surface area contributed by atoms with Crippen LogP contribution in [-0.2, 0) is 14.8 Å². The third-order valence-electron chi connectivity index (χ3n) is 3.24. The number of nitrogens with two attached hydrogens (primary N) is 3. The van der Waals surface area contributed by atoms with Crippen molar-refractivity contribution in [3.8, 4) is 5.75 Å². The van der Waals surface area contributed by atoms with Gasteiger partial charge in [0.15, 0.2) is 5.96 Å². The van der Waals surface area contributed by atoms with Crippen LogP contribution in [0.15, 0.2) is 33.1 Å². The van der Waals surface area contributed by atoms with Gasteiger partial charge in [0.2, 0.25) is 16.0 Å². The van der Waals surface area contributed by atoms with Gasteiger partial charge >= 0.3 is 0 Å². The van der Waals surface area contributed by atoms with Crippen LogP contribution in [0.1, 0.15) is 0 Å². The number of hydrogen-bond donors (Lipinski definition) is 3. The highest BCUT2D eigenvalue weighted by atomic mass is 32.2. The SMILES string of the molecule is COc1ccc(S(=O)(=O)N2CCOCC2)cc1N=C(N)N=C(N)N. The van der Waals surface area contributed by atoms with Crippen molar-refractivity contribution >= 4 is 27.6 Å². The van der Waals surface area contributed by atoms with Gasteiger partial charge in [0.05, 0.1) is 25.2 Å². The van der Waals surface area contributed by atoms with Gasteiger partial charge in [-0.1, -0.05) is 0 Å². The van der Waals surface area contributed by atoms with Crippen molar-refractivity contribution in [1.29, 1.82) is 0 Å². The molecule has 0 unspecified atom stereocenters. The maximum atomic E-state index is 12.7. The number of benzene rings is 1. The standard InChI is InChI=1S/C13H20N6O4S/c1-22-11-3-2-9(8-10(11)17-13(16)18-12(14)15)24(20,21)19-4-6-23-7-5-19/h2-3,8H,4-7H2,1H3,(H6,14,15,16,17,18). The largest absolute Gasteiger partial charge is 0.494 e. The molecule has 24 heavy (non-hydrogen) atoms. The summed E-state index contributed by atoms with van der Waals surface area (Å²) in [6.07, 6.45) is 0. The Hall–Kier alpha value is -2.37. The zero-order valence-electron chi connectivity index (χ0n) is 13.2. The second kappa shape index (κ2) is 7.47. The predicted molar refractivity (Wildman–Crippen MR) is 89.7 cm³/mol. The third-order valence-corrected chi connectivity index (χ3v) is 5.13. The summed E-state index contributed by atoms with van der Waals surface area (Å²) in [4.78, 5) is 7.67. The number of rotatable bonds is 4. The summed E-state index contributed by atoms with van der Waals surface area (Å²) < 4.78 is 37.1. The van der Waals surface area contributed by atoms with Gasteiger partial charge in [-0.25, -0.2) is 13.4 Å². The van der Waals surface area contributed by atoms with Gasteiger partial charge in [-0.15, -0.1) is 0 Å². The van der Waals surface area contributed by atoms with Crippen molar-refractivity contribution in [3.63, 3.8) is 0 Å². The average molecular weight is 356 g/mol. The van der Waals surface area contributed by atoms with Crippen LogP contribution >= 0.6 is 0 Å². The molecule has 10 nitrogen and oxygen atoms in total. The van der Waals surface area contributed by atoms with E-state index in [0.717, 1.165) is 0 Å². The summed E-state index contributed by atoms with van der Waals surface area (Å²) in [5.74, 6) is -0.133. The van der Waals surface area contributed by atoms with Gasteiger partial charge in [0.1, 0.15) is 11.4 Å². The van der Waals surface area contributed by atoms with E-state index in [2.05, 4.69) is 9.98 Å². The third kappa shape index (κ3) is 4.13. The number of methoxy groups -OCH3 is 1. The molecular weight excluding hydrogens is 336 g/mol. The lowest BCUT2D eigenvalue weighted by Crippen LogP contribution is -2.40. The minimum atomic E-state index is -3.67. The predicted octanol–water partition coefficient (Wildman–Crippen LogP) is -1.06. The molecule has 1 aromatic rings. The van der Waals surface area contributed by atoms with Crippen molar-refractivity contribution < 1.29 is 17.9 Å². The average Bonchev–Trinajstić information content (AvgIpc) is 2.54. The topological polar surface area (TPSA) is 159 Å². The number of sulfonamides is 1. The molecule has 0 aromatic heterocycles. The molecule has 1 aliphatic heterocycles. The molecule has 1 aliphatic rings. The Morgan fingerprint density at radius 3 is 2.50 bits per heavy atom. The van der Waals surface area contributed by atoms with Crippen molar-refractivity contribution in [3.05, 3.63) is 18.2 Å². The fourth-order valence-electron chi connectivity index (χ4n) is 2.13. The fourth-order valence-corrected chi connectivity index (χ4v) is 3.56. The van der Waals surface area contributed by atoms with E-state index >= 15 is 0 Å². The Morgan fingerprint density at radius 1 is 1.25 bits per heavy atom. The Morgan fingerprint density at radius 2 is 1.92 bits per heavy atom. The first kappa shape index (κ1) is 18.0. The molecule has 0 bridgehead atoms. The minimum Gasteiger partial charge on any atom is -0.494 e. The van der Waals surface area contributed by atoms with Crippen molar-refractivity contribution in [2.45, 2.75) is 4.90 Å². The number of ether oxygens (including phenoxy) is 2. The summed E-state index contributed by atoms with van der Waals surface area (Å²) in [7, 11) is -2.23. The molecule has 0 radical (unpaired) electrons. The lowest BCUT2D eigenvalue weighted by molar-refractivity contribution is 0.0730. The Kier molecular flexibility index (Phi) is 5.59. The summed E-state index contributed by atoms with van der Waals surface area (Å²) >= 11 is 0. The van der Waals surface area contributed by atoms with Crippen LogP contribution in [0.4, 0.5) is 5.69 Å². The van der Waals surface area contributed by atoms with Crippen LogP contribution < -0.4 is 21.9 Å². The molecule has 6 N–H and O–H groups in total. The molecule has 2 rings (SSSR count). The summed E-state index contributed by atoms with van der Waals surface area (Å²) in [6, 6.07) is 4.30. The van der Waals surface area contributed by atoms with Crippen LogP contribution in [0, 0.1) is 0 Å². The van der Waals surface area contributed by atoms with E-state index in [-0.39, 0.29) is 22.5 Å². The van der Waals surface area contributed by atoms with E-state index in [1.54, 1.807) is 0 Å². The zero-order chi connectivity index (χ0) is 17.7. The molecule has 132 valence electrons. The molecule has 0 aliphatic carbocycles. The maximum absolute atomic E-state index is 12.7. The van der Waals surface area contributed by atoms with Gasteiger partial charge in [-0.05, 0) is 18.2 Å². The molecule has 1 fully saturated rings. The smallest absolute Gasteiger partial charge is 0.243 e. The monoisotopic (exact) mass is 356 g/mol. The van der Waals surface area contributed by atoms with Crippen molar-refractivity contribution in [1.82, 2.24) is 4.31 Å². The highest BCUT2D eigenvalue weighted by Crippen LogP contribution is 2.31. The quantitative estimate of drug-likeness (QED) is 0.458. The highest BCUT2D eigenvalue weighted by molar-refractivity contribution is 7.89. The first-order chi connectivity index (χ1) is 11.3. The number of nitrogens with zero attached hydrogens (tertiary/aromatic N) is 3. The molecule has 0 amide bonds. The molecular formula is C13H20N6O4S. The lowest BCUT2D eigenvalue weighted by atomic mass is 10.3. The summed E-state index contributed by atoms with van der Waals surface area (Å²) in [5, 5.41) is 0. The highest BCUT2D eigenvalue weighted by Gasteiger charge is 2.27. The normalized spacial score (nSPS) is 16.6. The second-order valence-electron chi connectivity index (χ2n) is 4.86. The molecule has 0 saturated carbocycles. The van der Waals surface area contributed by atoms with Gasteiger partial charge in [-0.3, -0.25) is 0 Å². The molecule has 0 atom stereocenters. The molecule has 0 spiro atoms. The molecule has 11 heteroatoms. The zero-order valence-corrected chi connectivity index (χ0v) is 14.0. The lowest BCUT2D eigenvalue weighted by Gasteiger charge is -2.26. The van der Waals surface area contributed by atoms with Crippen LogP contribution in [0.3, 0.4) is 0 Å². The second-order valence-corrected chi connectivity index (χ2v) is 6.79. The van der Waals surface area contributed by atoms with Crippen LogP contribution in [-0.4, -0.2) is 58.1 Å². The summed E-state index contributed by atoms with van der Waals surface area (Å²) in [6.45, 7) is 1.31. The van der Waals surface area contributed by atoms with E-state index < -0.39 is 10.0 Å². The molecule has 1 saturated heterocycles. The van der Waals surface area contributed by atoms with Gasteiger partial charge < -0.3 is 26.7 Å². The van der Waals surface area contributed by atoms with E-state index in [4.69, 9.17) is 26.7 Å². The first-order valence-electron chi connectivity index (χ1n) is 7.04. The van der Waals surface area contributed by atoms with E-state index in [9.17, 15) is 8.42 Å². The van der Waals surface area contributed by atoms with Crippen LogP contribution in [0.5, 0.6) is 5.75 Å². The fraction of sp³-hybridized carbons (Fsp3) is 0.385. The van der Waals surface area contributed by atoms with Crippen LogP contribution in [0.25, 0.3) is 0 Å². The van der Waals surface area contributed by atoms with Gasteiger partial charge in [0, 0.05) is 13.1 Å². The van der Waals surface area contributed by atoms with Gasteiger partial charge in [-0.2, -0.15) is 9.30 Å². The number of hydrogen-bond acceptors (Lipinski definition) is 5. The first-order valence-corrected chi connectivity index (χ1v) is 8.48. The van der Waals surface area contributed by atoms with Crippen molar-refractivity contribution in [2.24, 2.45) is 27.2 Å². The number of morpholine rings is 1. The molecule has 1 heterocycles. The van der Waals surface area contributed by atoms with Crippen LogP contribution in [0.2, 0.25) is 0 Å². The van der Waals surface area contributed by atoms with Crippen molar-refractivity contribution in [2.75, 3.05) is 33.4 Å². The van der Waals surface area contributed by atoms with E-state index in [1.165, 1.54) is 29.6 Å². The Balaban J connectivity index is 2.43. The van der Waals surface area contributed by atoms with Gasteiger partial charge in [0.25, 0.3) is 0 Å². The minimum absolute atomic E-state index is 0.0708.